The molecule has 0 aliphatic heterocycles. The van der Waals surface area contributed by atoms with Crippen LogP contribution in [0.4, 0.5) is 0 Å². The Kier molecular flexibility index (Phi) is 3.69. The molecule has 2 N–H and O–H groups in total. The number of nitrogens with zero attached hydrogens (tertiary/aromatic N) is 1. The van der Waals surface area contributed by atoms with Crippen LogP contribution in [-0.4, -0.2) is 21.9 Å². The fraction of sp³-hybridized carbons (Fsp3) is 0.476. The first kappa shape index (κ1) is 15.8. The highest BCUT2D eigenvalue weighted by Crippen LogP contribution is 2.52. The zero-order valence-electron chi connectivity index (χ0n) is 14.7. The molecule has 0 radical (unpaired) electrons. The maximum absolute atomic E-state index is 13.1. The highest BCUT2D eigenvalue weighted by Gasteiger charge is 2.50. The second-order valence-corrected chi connectivity index (χ2v) is 7.96. The Hall–Kier alpha value is -2.43. The van der Waals surface area contributed by atoms with Crippen molar-refractivity contribution in [1.29, 1.82) is 0 Å². The first-order chi connectivity index (χ1) is 12.7. The molecule has 1 aromatic heterocycles. The summed E-state index contributed by atoms with van der Waals surface area (Å²) in [5.41, 5.74) is 0.584. The number of hydrogen-bond acceptors (Lipinski definition) is 3. The van der Waals surface area contributed by atoms with Gasteiger partial charge in [0.25, 0.3) is 5.56 Å². The van der Waals surface area contributed by atoms with Crippen LogP contribution in [0.15, 0.2) is 41.2 Å². The van der Waals surface area contributed by atoms with Gasteiger partial charge in [-0.15, -0.1) is 0 Å². The normalized spacial score (nSPS) is 30.3. The molecule has 2 bridgehead atoms. The van der Waals surface area contributed by atoms with E-state index in [2.05, 4.69) is 22.5 Å². The first-order valence-corrected chi connectivity index (χ1v) is 9.68. The van der Waals surface area contributed by atoms with E-state index >= 15 is 0 Å². The molecule has 0 saturated heterocycles. The van der Waals surface area contributed by atoms with Crippen LogP contribution in [0.2, 0.25) is 0 Å². The van der Waals surface area contributed by atoms with Crippen LogP contribution in [0.5, 0.6) is 0 Å². The minimum absolute atomic E-state index is 0.0382. The van der Waals surface area contributed by atoms with Crippen LogP contribution in [0.1, 0.15) is 43.8 Å². The number of carbonyl (C=O) groups excluding carboxylic acids is 1. The van der Waals surface area contributed by atoms with Crippen molar-refractivity contribution in [2.75, 3.05) is 0 Å². The molecule has 3 aliphatic rings. The summed E-state index contributed by atoms with van der Waals surface area (Å²) in [4.78, 5) is 33.3. The molecule has 4 atom stereocenters. The number of para-hydroxylation sites is 1. The molecule has 5 rings (SSSR count). The van der Waals surface area contributed by atoms with Gasteiger partial charge in [-0.25, -0.2) is 4.98 Å². The fourth-order valence-corrected chi connectivity index (χ4v) is 5.18. The van der Waals surface area contributed by atoms with Gasteiger partial charge in [-0.3, -0.25) is 9.59 Å². The number of H-pyrrole nitrogens is 1. The molecule has 1 aromatic carbocycles. The Balaban J connectivity index is 1.51. The van der Waals surface area contributed by atoms with Crippen molar-refractivity contribution in [2.24, 2.45) is 17.8 Å². The van der Waals surface area contributed by atoms with E-state index in [0.29, 0.717) is 22.8 Å². The van der Waals surface area contributed by atoms with E-state index in [1.165, 1.54) is 12.8 Å². The number of rotatable bonds is 3. The quantitative estimate of drug-likeness (QED) is 0.837. The minimum Gasteiger partial charge on any atom is -0.353 e. The second-order valence-electron chi connectivity index (χ2n) is 7.96. The average molecular weight is 349 g/mol. The number of hydrogen-bond donors (Lipinski definition) is 2. The van der Waals surface area contributed by atoms with Gasteiger partial charge in [-0.2, -0.15) is 0 Å². The minimum atomic E-state index is -0.130. The summed E-state index contributed by atoms with van der Waals surface area (Å²) in [6.07, 6.45) is 9.92. The smallest absolute Gasteiger partial charge is 0.258 e. The van der Waals surface area contributed by atoms with Crippen LogP contribution in [-0.2, 0) is 4.79 Å². The number of aromatic amines is 1. The zero-order chi connectivity index (χ0) is 17.7. The molecule has 1 amide bonds. The molecule has 2 fully saturated rings. The second kappa shape index (κ2) is 6.08. The number of allylic oxidation sites excluding steroid dienone is 2. The Bertz CT molecular complexity index is 942. The van der Waals surface area contributed by atoms with E-state index in [-0.39, 0.29) is 35.1 Å². The zero-order valence-corrected chi connectivity index (χ0v) is 14.7. The van der Waals surface area contributed by atoms with E-state index in [1.54, 1.807) is 6.07 Å². The van der Waals surface area contributed by atoms with Crippen molar-refractivity contribution in [1.82, 2.24) is 15.3 Å². The van der Waals surface area contributed by atoms with E-state index in [4.69, 9.17) is 4.98 Å². The van der Waals surface area contributed by atoms with Gasteiger partial charge >= 0.3 is 0 Å². The fourth-order valence-electron chi connectivity index (χ4n) is 5.18. The molecule has 134 valence electrons. The van der Waals surface area contributed by atoms with Gasteiger partial charge in [-0.05, 0) is 43.2 Å². The summed E-state index contributed by atoms with van der Waals surface area (Å²) in [6.45, 7) is 0. The molecule has 1 heterocycles. The van der Waals surface area contributed by atoms with E-state index in [1.807, 2.05) is 18.2 Å². The van der Waals surface area contributed by atoms with Crippen molar-refractivity contribution in [3.63, 3.8) is 0 Å². The molecule has 0 spiro atoms. The van der Waals surface area contributed by atoms with Gasteiger partial charge < -0.3 is 10.3 Å². The van der Waals surface area contributed by atoms with Gasteiger partial charge in [-0.1, -0.05) is 37.1 Å². The molecule has 5 nitrogen and oxygen atoms in total. The van der Waals surface area contributed by atoms with Crippen LogP contribution < -0.4 is 10.9 Å². The van der Waals surface area contributed by atoms with Crippen molar-refractivity contribution in [2.45, 2.75) is 44.1 Å². The number of amides is 1. The van der Waals surface area contributed by atoms with Crippen molar-refractivity contribution < 1.29 is 4.79 Å². The highest BCUT2D eigenvalue weighted by molar-refractivity contribution is 5.82. The Morgan fingerprint density at radius 1 is 1.12 bits per heavy atom. The summed E-state index contributed by atoms with van der Waals surface area (Å²) in [7, 11) is 0. The summed E-state index contributed by atoms with van der Waals surface area (Å²) < 4.78 is 0. The standard InChI is InChI=1S/C21H23N3O2/c25-20-15-7-3-4-8-16(15)23-19(24-20)17-12-9-10-13(11-12)18(17)21(26)22-14-5-1-2-6-14/h3-4,7-10,12-14,17-18H,1-2,5-6,11H2,(H,22,26)(H,23,24,25). The van der Waals surface area contributed by atoms with Crippen LogP contribution in [0, 0.1) is 17.8 Å². The largest absolute Gasteiger partial charge is 0.353 e. The average Bonchev–Trinajstić information content (AvgIpc) is 3.38. The third kappa shape index (κ3) is 2.49. The Labute approximate surface area is 151 Å². The third-order valence-electron chi connectivity index (χ3n) is 6.41. The molecule has 26 heavy (non-hydrogen) atoms. The molecule has 4 unspecified atom stereocenters. The van der Waals surface area contributed by atoms with Crippen LogP contribution in [0.3, 0.4) is 0 Å². The predicted molar refractivity (Wildman–Crippen MR) is 99.7 cm³/mol. The predicted octanol–water partition coefficient (Wildman–Crippen LogP) is 2.89. The lowest BCUT2D eigenvalue weighted by atomic mass is 9.81. The number of benzene rings is 1. The van der Waals surface area contributed by atoms with Crippen molar-refractivity contribution in [3.05, 3.63) is 52.6 Å². The molecule has 3 aliphatic carbocycles. The van der Waals surface area contributed by atoms with E-state index < -0.39 is 0 Å². The summed E-state index contributed by atoms with van der Waals surface area (Å²) in [5.74, 6) is 1.16. The lowest BCUT2D eigenvalue weighted by molar-refractivity contribution is -0.127. The van der Waals surface area contributed by atoms with E-state index in [0.717, 1.165) is 19.3 Å². The number of fused-ring (bicyclic) bond motifs is 3. The van der Waals surface area contributed by atoms with Crippen molar-refractivity contribution in [3.8, 4) is 0 Å². The number of carbonyl (C=O) groups is 1. The summed E-state index contributed by atoms with van der Waals surface area (Å²) >= 11 is 0. The van der Waals surface area contributed by atoms with Gasteiger partial charge in [0.2, 0.25) is 5.91 Å². The molecule has 2 aromatic rings. The van der Waals surface area contributed by atoms with Gasteiger partial charge in [0, 0.05) is 12.0 Å². The van der Waals surface area contributed by atoms with Gasteiger partial charge in [0.05, 0.1) is 16.8 Å². The number of nitrogens with one attached hydrogen (secondary N) is 2. The van der Waals surface area contributed by atoms with Crippen molar-refractivity contribution >= 4 is 16.8 Å². The lowest BCUT2D eigenvalue weighted by Gasteiger charge is -2.27. The van der Waals surface area contributed by atoms with Crippen LogP contribution >= 0.6 is 0 Å². The molecular weight excluding hydrogens is 326 g/mol. The maximum Gasteiger partial charge on any atom is 0.258 e. The monoisotopic (exact) mass is 349 g/mol. The molecule has 5 heteroatoms. The molecular formula is C21H23N3O2. The van der Waals surface area contributed by atoms with Gasteiger partial charge in [0.1, 0.15) is 5.82 Å². The SMILES string of the molecule is O=C(NC1CCCC1)C1C2C=CC(C2)C1c1nc2ccccc2c(=O)[nH]1. The Morgan fingerprint density at radius 2 is 1.88 bits per heavy atom. The maximum atomic E-state index is 13.1. The first-order valence-electron chi connectivity index (χ1n) is 9.68. The molecule has 2 saturated carbocycles. The Morgan fingerprint density at radius 3 is 2.73 bits per heavy atom. The lowest BCUT2D eigenvalue weighted by Crippen LogP contribution is -2.41. The van der Waals surface area contributed by atoms with E-state index in [9.17, 15) is 9.59 Å². The summed E-state index contributed by atoms with van der Waals surface area (Å²) in [5, 5.41) is 3.86. The highest BCUT2D eigenvalue weighted by atomic mass is 16.2. The number of aromatic nitrogens is 2. The summed E-state index contributed by atoms with van der Waals surface area (Å²) in [6, 6.07) is 7.70. The topological polar surface area (TPSA) is 74.8 Å². The van der Waals surface area contributed by atoms with Crippen LogP contribution in [0.25, 0.3) is 10.9 Å². The third-order valence-corrected chi connectivity index (χ3v) is 6.41. The van der Waals surface area contributed by atoms with Gasteiger partial charge in [0.15, 0.2) is 0 Å².